The van der Waals surface area contributed by atoms with E-state index in [0.717, 1.165) is 12.8 Å². The molecule has 1 fully saturated rings. The van der Waals surface area contributed by atoms with Crippen LogP contribution < -0.4 is 5.32 Å². The van der Waals surface area contributed by atoms with Crippen molar-refractivity contribution in [1.82, 2.24) is 4.98 Å². The van der Waals surface area contributed by atoms with Crippen molar-refractivity contribution < 1.29 is 19.4 Å². The number of nitrogens with one attached hydrogen (secondary N) is 1. The Labute approximate surface area is 104 Å². The minimum Gasteiger partial charge on any atom is -0.478 e. The molecule has 1 amide bonds. The largest absolute Gasteiger partial charge is 0.478 e. The fourth-order valence-corrected chi connectivity index (χ4v) is 1.80. The maximum absolute atomic E-state index is 11.6. The highest BCUT2D eigenvalue weighted by Gasteiger charge is 2.19. The molecule has 0 aromatic carbocycles. The van der Waals surface area contributed by atoms with Gasteiger partial charge in [0.2, 0.25) is 5.91 Å². The van der Waals surface area contributed by atoms with Crippen molar-refractivity contribution >= 4 is 17.7 Å². The number of carboxylic acids is 1. The summed E-state index contributed by atoms with van der Waals surface area (Å²) in [6, 6.07) is 2.87. The molecule has 1 unspecified atom stereocenters. The second kappa shape index (κ2) is 5.59. The quantitative estimate of drug-likeness (QED) is 0.840. The number of ether oxygens (including phenoxy) is 1. The Morgan fingerprint density at radius 1 is 1.50 bits per heavy atom. The molecule has 96 valence electrons. The Morgan fingerprint density at radius 3 is 2.89 bits per heavy atom. The lowest BCUT2D eigenvalue weighted by Crippen LogP contribution is -2.19. The number of amides is 1. The van der Waals surface area contributed by atoms with Gasteiger partial charge in [0.1, 0.15) is 5.82 Å². The molecule has 0 saturated carbocycles. The lowest BCUT2D eigenvalue weighted by Gasteiger charge is -2.09. The number of carbonyl (C=O) groups excluding carboxylic acids is 1. The van der Waals surface area contributed by atoms with Crippen LogP contribution >= 0.6 is 0 Å². The van der Waals surface area contributed by atoms with E-state index in [9.17, 15) is 9.59 Å². The number of rotatable bonds is 4. The van der Waals surface area contributed by atoms with Gasteiger partial charge in [0, 0.05) is 12.8 Å². The molecular weight excluding hydrogens is 236 g/mol. The molecular formula is C12H14N2O4. The van der Waals surface area contributed by atoms with Crippen LogP contribution in [0.1, 0.15) is 29.6 Å². The van der Waals surface area contributed by atoms with E-state index < -0.39 is 5.97 Å². The van der Waals surface area contributed by atoms with Crippen LogP contribution in [0.2, 0.25) is 0 Å². The predicted octanol–water partition coefficient (Wildman–Crippen LogP) is 1.29. The number of anilines is 1. The van der Waals surface area contributed by atoms with Crippen LogP contribution in [0.4, 0.5) is 5.82 Å². The molecule has 0 aliphatic carbocycles. The first kappa shape index (κ1) is 12.5. The maximum Gasteiger partial charge on any atom is 0.337 e. The average Bonchev–Trinajstić information content (AvgIpc) is 2.82. The van der Waals surface area contributed by atoms with E-state index >= 15 is 0 Å². The Bertz CT molecular complexity index is 438. The fourth-order valence-electron chi connectivity index (χ4n) is 1.80. The van der Waals surface area contributed by atoms with Gasteiger partial charge in [0.25, 0.3) is 0 Å². The van der Waals surface area contributed by atoms with Gasteiger partial charge in [-0.3, -0.25) is 4.79 Å². The number of aromatic nitrogens is 1. The molecule has 1 aliphatic rings. The average molecular weight is 250 g/mol. The summed E-state index contributed by atoms with van der Waals surface area (Å²) in [5.41, 5.74) is 0.0899. The van der Waals surface area contributed by atoms with Crippen LogP contribution in [0.3, 0.4) is 0 Å². The van der Waals surface area contributed by atoms with Crippen LogP contribution in [-0.4, -0.2) is 34.7 Å². The van der Waals surface area contributed by atoms with Crippen molar-refractivity contribution in [2.45, 2.75) is 25.4 Å². The number of nitrogens with zero attached hydrogens (tertiary/aromatic N) is 1. The number of pyridine rings is 1. The molecule has 18 heavy (non-hydrogen) atoms. The second-order valence-electron chi connectivity index (χ2n) is 4.12. The molecule has 2 rings (SSSR count). The molecule has 0 spiro atoms. The first-order valence-corrected chi connectivity index (χ1v) is 5.76. The Morgan fingerprint density at radius 2 is 2.33 bits per heavy atom. The van der Waals surface area contributed by atoms with E-state index in [-0.39, 0.29) is 17.6 Å². The van der Waals surface area contributed by atoms with E-state index in [1.54, 1.807) is 0 Å². The first-order valence-electron chi connectivity index (χ1n) is 5.76. The number of hydrogen-bond donors (Lipinski definition) is 2. The zero-order valence-electron chi connectivity index (χ0n) is 9.76. The van der Waals surface area contributed by atoms with Crippen molar-refractivity contribution in [2.24, 2.45) is 0 Å². The summed E-state index contributed by atoms with van der Waals surface area (Å²) in [6.45, 7) is 0.712. The van der Waals surface area contributed by atoms with Crippen molar-refractivity contribution in [3.63, 3.8) is 0 Å². The van der Waals surface area contributed by atoms with Crippen LogP contribution in [0.15, 0.2) is 18.3 Å². The molecule has 1 atom stereocenters. The fraction of sp³-hybridized carbons (Fsp3) is 0.417. The maximum atomic E-state index is 11.6. The monoisotopic (exact) mass is 250 g/mol. The van der Waals surface area contributed by atoms with E-state index in [4.69, 9.17) is 9.84 Å². The molecule has 6 nitrogen and oxygen atoms in total. The Balaban J connectivity index is 1.88. The summed E-state index contributed by atoms with van der Waals surface area (Å²) >= 11 is 0. The molecule has 0 bridgehead atoms. The van der Waals surface area contributed by atoms with Crippen molar-refractivity contribution in [1.29, 1.82) is 0 Å². The number of carbonyl (C=O) groups is 2. The minimum atomic E-state index is -1.04. The van der Waals surface area contributed by atoms with Gasteiger partial charge in [0.15, 0.2) is 0 Å². The molecule has 6 heteroatoms. The van der Waals surface area contributed by atoms with E-state index in [0.29, 0.717) is 18.8 Å². The summed E-state index contributed by atoms with van der Waals surface area (Å²) in [6.07, 6.45) is 3.40. The van der Waals surface area contributed by atoms with E-state index in [1.165, 1.54) is 18.3 Å². The number of hydrogen-bond acceptors (Lipinski definition) is 4. The Hall–Kier alpha value is -1.95. The highest BCUT2D eigenvalue weighted by Crippen LogP contribution is 2.16. The molecule has 2 N–H and O–H groups in total. The zero-order chi connectivity index (χ0) is 13.0. The summed E-state index contributed by atoms with van der Waals surface area (Å²) in [5, 5.41) is 11.3. The second-order valence-corrected chi connectivity index (χ2v) is 4.12. The first-order chi connectivity index (χ1) is 8.65. The summed E-state index contributed by atoms with van der Waals surface area (Å²) < 4.78 is 5.35. The van der Waals surface area contributed by atoms with Gasteiger partial charge in [-0.1, -0.05) is 0 Å². The molecule has 1 aromatic rings. The number of aromatic carboxylic acids is 1. The van der Waals surface area contributed by atoms with Gasteiger partial charge < -0.3 is 15.2 Å². The van der Waals surface area contributed by atoms with Gasteiger partial charge in [-0.2, -0.15) is 0 Å². The zero-order valence-corrected chi connectivity index (χ0v) is 9.76. The van der Waals surface area contributed by atoms with Gasteiger partial charge >= 0.3 is 5.97 Å². The molecule has 1 saturated heterocycles. The van der Waals surface area contributed by atoms with Crippen molar-refractivity contribution in [2.75, 3.05) is 11.9 Å². The van der Waals surface area contributed by atoms with Crippen LogP contribution in [-0.2, 0) is 9.53 Å². The standard InChI is InChI=1S/C12H14N2O4/c15-11(6-9-2-1-5-18-9)14-10-4-3-8(7-13-10)12(16)17/h3-4,7,9H,1-2,5-6H2,(H,16,17)(H,13,14,15). The smallest absolute Gasteiger partial charge is 0.337 e. The van der Waals surface area contributed by atoms with Gasteiger partial charge in [-0.05, 0) is 25.0 Å². The van der Waals surface area contributed by atoms with E-state index in [2.05, 4.69) is 10.3 Å². The molecule has 0 radical (unpaired) electrons. The van der Waals surface area contributed by atoms with Crippen LogP contribution in [0.5, 0.6) is 0 Å². The van der Waals surface area contributed by atoms with Gasteiger partial charge in [-0.15, -0.1) is 0 Å². The third-order valence-electron chi connectivity index (χ3n) is 2.71. The highest BCUT2D eigenvalue weighted by atomic mass is 16.5. The molecule has 1 aromatic heterocycles. The lowest BCUT2D eigenvalue weighted by atomic mass is 10.2. The normalized spacial score (nSPS) is 18.6. The Kier molecular flexibility index (Phi) is 3.88. The van der Waals surface area contributed by atoms with Crippen LogP contribution in [0.25, 0.3) is 0 Å². The molecule has 1 aliphatic heterocycles. The minimum absolute atomic E-state index is 0.0108. The van der Waals surface area contributed by atoms with Crippen molar-refractivity contribution in [3.05, 3.63) is 23.9 Å². The highest BCUT2D eigenvalue weighted by molar-refractivity contribution is 5.91. The SMILES string of the molecule is O=C(CC1CCCO1)Nc1ccc(C(=O)O)cn1. The lowest BCUT2D eigenvalue weighted by molar-refractivity contribution is -0.118. The third-order valence-corrected chi connectivity index (χ3v) is 2.71. The molecule has 2 heterocycles. The number of carboxylic acid groups (broad SMARTS) is 1. The summed E-state index contributed by atoms with van der Waals surface area (Å²) in [4.78, 5) is 26.1. The van der Waals surface area contributed by atoms with Crippen molar-refractivity contribution in [3.8, 4) is 0 Å². The predicted molar refractivity (Wildman–Crippen MR) is 63.4 cm³/mol. The third kappa shape index (κ3) is 3.27. The van der Waals surface area contributed by atoms with Gasteiger partial charge in [-0.25, -0.2) is 9.78 Å². The van der Waals surface area contributed by atoms with Crippen LogP contribution in [0, 0.1) is 0 Å². The summed E-state index contributed by atoms with van der Waals surface area (Å²) in [5.74, 6) is -0.861. The summed E-state index contributed by atoms with van der Waals surface area (Å²) in [7, 11) is 0. The topological polar surface area (TPSA) is 88.5 Å². The van der Waals surface area contributed by atoms with E-state index in [1.807, 2.05) is 0 Å². The van der Waals surface area contributed by atoms with Gasteiger partial charge in [0.05, 0.1) is 18.1 Å².